The van der Waals surface area contributed by atoms with Gasteiger partial charge in [-0.1, -0.05) is 18.2 Å². The molecule has 0 fully saturated rings. The van der Waals surface area contributed by atoms with E-state index < -0.39 is 22.3 Å². The van der Waals surface area contributed by atoms with Crippen molar-refractivity contribution in [3.63, 3.8) is 0 Å². The largest absolute Gasteiger partial charge is 0.412 e. The number of sulfonamides is 1. The molecule has 8 nitrogen and oxygen atoms in total. The zero-order valence-electron chi connectivity index (χ0n) is 13.5. The first-order valence-corrected chi connectivity index (χ1v) is 9.15. The fraction of sp³-hybridized carbons (Fsp3) is 0.200. The lowest BCUT2D eigenvalue weighted by molar-refractivity contribution is 0.116. The van der Waals surface area contributed by atoms with Gasteiger partial charge in [0.2, 0.25) is 15.8 Å². The summed E-state index contributed by atoms with van der Waals surface area (Å²) >= 11 is 0. The maximum absolute atomic E-state index is 12.5. The van der Waals surface area contributed by atoms with Gasteiger partial charge in [0.05, 0.1) is 18.5 Å². The number of anilines is 1. The highest BCUT2D eigenvalue weighted by atomic mass is 32.2. The van der Waals surface area contributed by atoms with Gasteiger partial charge in [0.1, 0.15) is 0 Å². The summed E-state index contributed by atoms with van der Waals surface area (Å²) < 4.78 is 55.1. The average molecular weight is 381 g/mol. The van der Waals surface area contributed by atoms with E-state index in [2.05, 4.69) is 20.2 Å². The van der Waals surface area contributed by atoms with Crippen LogP contribution in [0.2, 0.25) is 0 Å². The molecule has 0 saturated carbocycles. The zero-order valence-corrected chi connectivity index (χ0v) is 14.3. The van der Waals surface area contributed by atoms with Gasteiger partial charge in [0.25, 0.3) is 11.8 Å². The first kappa shape index (κ1) is 17.9. The summed E-state index contributed by atoms with van der Waals surface area (Å²) in [6, 6.07) is 8.56. The van der Waals surface area contributed by atoms with E-state index in [1.54, 1.807) is 30.3 Å². The third kappa shape index (κ3) is 3.99. The third-order valence-corrected chi connectivity index (χ3v) is 4.44. The first-order chi connectivity index (χ1) is 12.3. The molecule has 3 rings (SSSR count). The molecule has 0 saturated heterocycles. The lowest BCUT2D eigenvalue weighted by Gasteiger charge is -2.22. The molecule has 0 bridgehead atoms. The molecule has 2 aromatic heterocycles. The van der Waals surface area contributed by atoms with Crippen molar-refractivity contribution in [3.8, 4) is 11.7 Å². The Morgan fingerprint density at radius 2 is 1.77 bits per heavy atom. The third-order valence-electron chi connectivity index (χ3n) is 3.29. The van der Waals surface area contributed by atoms with E-state index in [0.29, 0.717) is 11.3 Å². The van der Waals surface area contributed by atoms with Crippen LogP contribution in [-0.2, 0) is 16.6 Å². The Morgan fingerprint density at radius 1 is 1.12 bits per heavy atom. The van der Waals surface area contributed by atoms with Crippen molar-refractivity contribution in [2.45, 2.75) is 13.0 Å². The van der Waals surface area contributed by atoms with Crippen LogP contribution in [0.15, 0.2) is 47.1 Å². The quantitative estimate of drug-likeness (QED) is 0.646. The Balaban J connectivity index is 1.83. The molecule has 136 valence electrons. The number of halogens is 2. The van der Waals surface area contributed by atoms with Gasteiger partial charge in [-0.3, -0.25) is 4.31 Å². The second-order valence-electron chi connectivity index (χ2n) is 5.27. The predicted octanol–water partition coefficient (Wildman–Crippen LogP) is 2.43. The van der Waals surface area contributed by atoms with Crippen molar-refractivity contribution >= 4 is 15.7 Å². The van der Waals surface area contributed by atoms with Gasteiger partial charge in [-0.25, -0.2) is 18.4 Å². The number of hydrogen-bond donors (Lipinski definition) is 0. The molecule has 1 aromatic carbocycles. The molecule has 0 unspecified atom stereocenters. The predicted molar refractivity (Wildman–Crippen MR) is 87.7 cm³/mol. The Bertz CT molecular complexity index is 978. The van der Waals surface area contributed by atoms with E-state index in [4.69, 9.17) is 4.42 Å². The molecule has 3 aromatic rings. The Kier molecular flexibility index (Phi) is 4.89. The number of rotatable bonds is 6. The maximum Gasteiger partial charge on any atom is 0.314 e. The number of alkyl halides is 2. The molecule has 0 N–H and O–H groups in total. The summed E-state index contributed by atoms with van der Waals surface area (Å²) in [6.45, 7) is 0.00917. The molecule has 0 aliphatic heterocycles. The molecule has 26 heavy (non-hydrogen) atoms. The molecular formula is C15H13F2N5O3S. The SMILES string of the molecule is CS(=O)(=O)N(Cc1cnc(-c2nnc(C(F)F)o2)nc1)c1ccccc1. The summed E-state index contributed by atoms with van der Waals surface area (Å²) in [5.41, 5.74) is 0.995. The first-order valence-electron chi connectivity index (χ1n) is 7.30. The van der Waals surface area contributed by atoms with Crippen LogP contribution < -0.4 is 4.31 Å². The van der Waals surface area contributed by atoms with Crippen LogP contribution in [0.3, 0.4) is 0 Å². The van der Waals surface area contributed by atoms with Gasteiger partial charge in [-0.05, 0) is 12.1 Å². The number of para-hydroxylation sites is 1. The van der Waals surface area contributed by atoms with Crippen LogP contribution in [0.25, 0.3) is 11.7 Å². The second kappa shape index (κ2) is 7.12. The summed E-state index contributed by atoms with van der Waals surface area (Å²) in [5.74, 6) is -1.09. The number of aromatic nitrogens is 4. The van der Waals surface area contributed by atoms with Gasteiger partial charge in [0, 0.05) is 18.0 Å². The Morgan fingerprint density at radius 3 is 2.31 bits per heavy atom. The normalized spacial score (nSPS) is 11.7. The van der Waals surface area contributed by atoms with Gasteiger partial charge in [-0.2, -0.15) is 8.78 Å². The molecule has 0 aliphatic rings. The van der Waals surface area contributed by atoms with E-state index in [-0.39, 0.29) is 18.3 Å². The summed E-state index contributed by atoms with van der Waals surface area (Å²) in [6.07, 6.45) is 0.954. The number of hydrogen-bond acceptors (Lipinski definition) is 7. The van der Waals surface area contributed by atoms with E-state index >= 15 is 0 Å². The highest BCUT2D eigenvalue weighted by molar-refractivity contribution is 7.92. The molecule has 0 radical (unpaired) electrons. The highest BCUT2D eigenvalue weighted by Gasteiger charge is 2.20. The van der Waals surface area contributed by atoms with Crippen LogP contribution in [0.1, 0.15) is 17.9 Å². The second-order valence-corrected chi connectivity index (χ2v) is 7.17. The van der Waals surface area contributed by atoms with Gasteiger partial charge in [0.15, 0.2) is 0 Å². The van der Waals surface area contributed by atoms with Crippen molar-refractivity contribution in [1.29, 1.82) is 0 Å². The zero-order chi connectivity index (χ0) is 18.7. The molecule has 0 atom stereocenters. The van der Waals surface area contributed by atoms with Gasteiger partial charge >= 0.3 is 6.43 Å². The number of benzene rings is 1. The molecule has 0 amide bonds. The van der Waals surface area contributed by atoms with E-state index in [0.717, 1.165) is 6.26 Å². The Labute approximate surface area is 147 Å². The van der Waals surface area contributed by atoms with Crippen molar-refractivity contribution in [3.05, 3.63) is 54.2 Å². The van der Waals surface area contributed by atoms with Gasteiger partial charge < -0.3 is 4.42 Å². The van der Waals surface area contributed by atoms with Crippen LogP contribution in [0.5, 0.6) is 0 Å². The molecular weight excluding hydrogens is 368 g/mol. The molecule has 2 heterocycles. The summed E-state index contributed by atoms with van der Waals surface area (Å²) in [5, 5.41) is 6.66. The van der Waals surface area contributed by atoms with E-state index in [9.17, 15) is 17.2 Å². The molecule has 0 aliphatic carbocycles. The van der Waals surface area contributed by atoms with Crippen molar-refractivity contribution in [2.75, 3.05) is 10.6 Å². The van der Waals surface area contributed by atoms with Crippen LogP contribution in [-0.4, -0.2) is 34.8 Å². The smallest absolute Gasteiger partial charge is 0.314 e. The topological polar surface area (TPSA) is 102 Å². The fourth-order valence-corrected chi connectivity index (χ4v) is 3.01. The van der Waals surface area contributed by atoms with Gasteiger partial charge in [-0.15, -0.1) is 10.2 Å². The standard InChI is InChI=1S/C15H13F2N5O3S/c1-26(23,24)22(11-5-3-2-4-6-11)9-10-7-18-13(19-8-10)15-21-20-14(25-15)12(16)17/h2-8,12H,9H2,1H3. The van der Waals surface area contributed by atoms with Crippen LogP contribution >= 0.6 is 0 Å². The minimum Gasteiger partial charge on any atom is -0.412 e. The summed E-state index contributed by atoms with van der Waals surface area (Å²) in [7, 11) is -3.53. The van der Waals surface area contributed by atoms with Crippen LogP contribution in [0, 0.1) is 0 Å². The lowest BCUT2D eigenvalue weighted by atomic mass is 10.3. The highest BCUT2D eigenvalue weighted by Crippen LogP contribution is 2.22. The average Bonchev–Trinajstić information content (AvgIpc) is 3.10. The van der Waals surface area contributed by atoms with Crippen molar-refractivity contribution in [2.24, 2.45) is 0 Å². The minimum absolute atomic E-state index is 0.00917. The van der Waals surface area contributed by atoms with E-state index in [1.165, 1.54) is 16.7 Å². The molecule has 0 spiro atoms. The van der Waals surface area contributed by atoms with Crippen LogP contribution in [0.4, 0.5) is 14.5 Å². The maximum atomic E-state index is 12.5. The minimum atomic E-state index is -3.53. The monoisotopic (exact) mass is 381 g/mol. The van der Waals surface area contributed by atoms with E-state index in [1.807, 2.05) is 0 Å². The number of nitrogens with zero attached hydrogens (tertiary/aromatic N) is 5. The van der Waals surface area contributed by atoms with Crippen molar-refractivity contribution < 1.29 is 21.6 Å². The fourth-order valence-electron chi connectivity index (χ4n) is 2.12. The molecule has 11 heteroatoms. The Hall–Kier alpha value is -2.95. The lowest BCUT2D eigenvalue weighted by Crippen LogP contribution is -2.29. The van der Waals surface area contributed by atoms with Crippen molar-refractivity contribution in [1.82, 2.24) is 20.2 Å². The summed E-state index contributed by atoms with van der Waals surface area (Å²) in [4.78, 5) is 7.95.